The molecule has 0 unspecified atom stereocenters. The van der Waals surface area contributed by atoms with Crippen LogP contribution in [-0.2, 0) is 0 Å². The molecule has 0 bridgehead atoms. The van der Waals surface area contributed by atoms with Crippen molar-refractivity contribution in [3.63, 3.8) is 0 Å². The predicted octanol–water partition coefficient (Wildman–Crippen LogP) is 2.46. The second kappa shape index (κ2) is 6.01. The van der Waals surface area contributed by atoms with Gasteiger partial charge in [-0.2, -0.15) is 4.98 Å². The lowest BCUT2D eigenvalue weighted by Gasteiger charge is -2.30. The summed E-state index contributed by atoms with van der Waals surface area (Å²) in [6.07, 6.45) is 5.51. The van der Waals surface area contributed by atoms with Crippen LogP contribution in [0.3, 0.4) is 0 Å². The normalized spacial score (nSPS) is 22.4. The molecule has 1 aliphatic heterocycles. The van der Waals surface area contributed by atoms with E-state index >= 15 is 0 Å². The third-order valence-electron chi connectivity index (χ3n) is 3.72. The van der Waals surface area contributed by atoms with Crippen molar-refractivity contribution in [3.8, 4) is 0 Å². The highest BCUT2D eigenvalue weighted by Crippen LogP contribution is 2.29. The number of hydrogen-bond acceptors (Lipinski definition) is 5. The van der Waals surface area contributed by atoms with Crippen molar-refractivity contribution in [2.75, 3.05) is 13.1 Å². The van der Waals surface area contributed by atoms with E-state index in [0.29, 0.717) is 5.89 Å². The summed E-state index contributed by atoms with van der Waals surface area (Å²) in [7, 11) is 0. The molecule has 0 aliphatic carbocycles. The molecule has 0 radical (unpaired) electrons. The minimum absolute atomic E-state index is 0.238. The molecule has 2 rings (SSSR count). The summed E-state index contributed by atoms with van der Waals surface area (Å²) in [5.41, 5.74) is -0.621. The Balaban J connectivity index is 2.07. The smallest absolute Gasteiger partial charge is 0.223 e. The highest BCUT2D eigenvalue weighted by molar-refractivity contribution is 4.95. The van der Waals surface area contributed by atoms with Crippen LogP contribution in [-0.4, -0.2) is 38.8 Å². The molecule has 1 N–H and O–H groups in total. The van der Waals surface area contributed by atoms with Crippen molar-refractivity contribution in [1.29, 1.82) is 0 Å². The van der Waals surface area contributed by atoms with Crippen molar-refractivity contribution in [1.82, 2.24) is 15.0 Å². The van der Waals surface area contributed by atoms with Gasteiger partial charge in [0.05, 0.1) is 11.6 Å². The van der Waals surface area contributed by atoms with Crippen LogP contribution in [0, 0.1) is 6.92 Å². The highest BCUT2D eigenvalue weighted by Gasteiger charge is 2.27. The van der Waals surface area contributed by atoms with Crippen LogP contribution < -0.4 is 0 Å². The minimum atomic E-state index is -0.621. The van der Waals surface area contributed by atoms with Gasteiger partial charge in [0.15, 0.2) is 5.82 Å². The predicted molar refractivity (Wildman–Crippen MR) is 72.7 cm³/mol. The summed E-state index contributed by atoms with van der Waals surface area (Å²) in [4.78, 5) is 6.79. The molecular weight excluding hydrogens is 242 g/mol. The van der Waals surface area contributed by atoms with Crippen molar-refractivity contribution in [2.45, 2.75) is 64.5 Å². The van der Waals surface area contributed by atoms with E-state index < -0.39 is 5.60 Å². The van der Waals surface area contributed by atoms with E-state index in [0.717, 1.165) is 31.8 Å². The van der Waals surface area contributed by atoms with Gasteiger partial charge < -0.3 is 9.63 Å². The third-order valence-corrected chi connectivity index (χ3v) is 3.72. The quantitative estimate of drug-likeness (QED) is 0.908. The van der Waals surface area contributed by atoms with Crippen LogP contribution >= 0.6 is 0 Å². The summed E-state index contributed by atoms with van der Waals surface area (Å²) in [5, 5.41) is 14.0. The van der Waals surface area contributed by atoms with E-state index in [1.54, 1.807) is 0 Å². The fourth-order valence-corrected chi connectivity index (χ4v) is 2.60. The molecule has 1 aromatic heterocycles. The van der Waals surface area contributed by atoms with E-state index in [2.05, 4.69) is 15.0 Å². The Morgan fingerprint density at radius 1 is 1.37 bits per heavy atom. The largest absolute Gasteiger partial charge is 0.390 e. The molecule has 1 saturated heterocycles. The van der Waals surface area contributed by atoms with Crippen molar-refractivity contribution < 1.29 is 9.63 Å². The molecule has 1 atom stereocenters. The van der Waals surface area contributed by atoms with Crippen LogP contribution in [0.15, 0.2) is 4.52 Å². The molecule has 5 heteroatoms. The Labute approximate surface area is 115 Å². The zero-order valence-electron chi connectivity index (χ0n) is 12.2. The molecule has 19 heavy (non-hydrogen) atoms. The highest BCUT2D eigenvalue weighted by atomic mass is 16.5. The van der Waals surface area contributed by atoms with Crippen molar-refractivity contribution >= 4 is 0 Å². The molecule has 1 aliphatic rings. The fourth-order valence-electron chi connectivity index (χ4n) is 2.60. The van der Waals surface area contributed by atoms with Gasteiger partial charge in [0.1, 0.15) is 0 Å². The first kappa shape index (κ1) is 14.5. The molecule has 0 spiro atoms. The number of rotatable bonds is 4. The van der Waals surface area contributed by atoms with Crippen LogP contribution in [0.25, 0.3) is 0 Å². The molecular formula is C14H25N3O2. The second-order valence-electron chi connectivity index (χ2n) is 6.14. The molecule has 0 saturated carbocycles. The molecule has 2 heterocycles. The number of aliphatic hydroxyl groups is 1. The topological polar surface area (TPSA) is 62.4 Å². The van der Waals surface area contributed by atoms with Gasteiger partial charge in [-0.15, -0.1) is 0 Å². The van der Waals surface area contributed by atoms with E-state index in [4.69, 9.17) is 4.52 Å². The zero-order valence-corrected chi connectivity index (χ0v) is 12.2. The van der Waals surface area contributed by atoms with Gasteiger partial charge in [-0.25, -0.2) is 0 Å². The Morgan fingerprint density at radius 2 is 2.16 bits per heavy atom. The molecule has 108 valence electrons. The van der Waals surface area contributed by atoms with Crippen LogP contribution in [0.4, 0.5) is 0 Å². The van der Waals surface area contributed by atoms with Gasteiger partial charge in [0, 0.05) is 13.5 Å². The molecule has 5 nitrogen and oxygen atoms in total. The SMILES string of the molecule is Cc1nc([C@H]2CCCCCN2CCC(C)(C)O)no1. The third kappa shape index (κ3) is 4.28. The van der Waals surface area contributed by atoms with E-state index in [-0.39, 0.29) is 6.04 Å². The Hall–Kier alpha value is -0.940. The Kier molecular flexibility index (Phi) is 4.58. The number of aromatic nitrogens is 2. The first-order valence-electron chi connectivity index (χ1n) is 7.22. The second-order valence-corrected chi connectivity index (χ2v) is 6.14. The lowest BCUT2D eigenvalue weighted by atomic mass is 10.0. The monoisotopic (exact) mass is 267 g/mol. The van der Waals surface area contributed by atoms with Gasteiger partial charge >= 0.3 is 0 Å². The van der Waals surface area contributed by atoms with E-state index in [9.17, 15) is 5.11 Å². The molecule has 1 fully saturated rings. The van der Waals surface area contributed by atoms with Gasteiger partial charge in [0.2, 0.25) is 5.89 Å². The van der Waals surface area contributed by atoms with E-state index in [1.807, 2.05) is 20.8 Å². The first-order chi connectivity index (χ1) is 8.96. The van der Waals surface area contributed by atoms with Crippen molar-refractivity contribution in [3.05, 3.63) is 11.7 Å². The number of hydrogen-bond donors (Lipinski definition) is 1. The van der Waals surface area contributed by atoms with Crippen LogP contribution in [0.2, 0.25) is 0 Å². The number of nitrogens with zero attached hydrogens (tertiary/aromatic N) is 3. The zero-order chi connectivity index (χ0) is 13.9. The minimum Gasteiger partial charge on any atom is -0.390 e. The summed E-state index contributed by atoms with van der Waals surface area (Å²) < 4.78 is 5.12. The number of likely N-dealkylation sites (tertiary alicyclic amines) is 1. The maximum atomic E-state index is 9.90. The van der Waals surface area contributed by atoms with Crippen molar-refractivity contribution in [2.24, 2.45) is 0 Å². The first-order valence-corrected chi connectivity index (χ1v) is 7.22. The molecule has 0 aromatic carbocycles. The summed E-state index contributed by atoms with van der Waals surface area (Å²) in [6, 6.07) is 0.238. The van der Waals surface area contributed by atoms with Gasteiger partial charge in [-0.3, -0.25) is 4.90 Å². The standard InChI is InChI=1S/C14H25N3O2/c1-11-15-13(16-19-11)12-7-5-4-6-9-17(12)10-8-14(2,3)18/h12,18H,4-10H2,1-3H3/t12-/m1/s1. The average Bonchev–Trinajstić information content (AvgIpc) is 2.62. The summed E-state index contributed by atoms with van der Waals surface area (Å²) in [6.45, 7) is 7.47. The Bertz CT molecular complexity index is 398. The van der Waals surface area contributed by atoms with E-state index in [1.165, 1.54) is 19.3 Å². The lowest BCUT2D eigenvalue weighted by Crippen LogP contribution is -2.34. The summed E-state index contributed by atoms with van der Waals surface area (Å²) >= 11 is 0. The summed E-state index contributed by atoms with van der Waals surface area (Å²) in [5.74, 6) is 1.43. The molecule has 0 amide bonds. The fraction of sp³-hybridized carbons (Fsp3) is 0.857. The molecule has 1 aromatic rings. The maximum absolute atomic E-state index is 9.90. The number of aryl methyl sites for hydroxylation is 1. The van der Waals surface area contributed by atoms with Crippen LogP contribution in [0.1, 0.15) is 63.7 Å². The maximum Gasteiger partial charge on any atom is 0.223 e. The van der Waals surface area contributed by atoms with Gasteiger partial charge in [-0.1, -0.05) is 18.0 Å². The van der Waals surface area contributed by atoms with Gasteiger partial charge in [0.25, 0.3) is 0 Å². The lowest BCUT2D eigenvalue weighted by molar-refractivity contribution is 0.0499. The van der Waals surface area contributed by atoms with Gasteiger partial charge in [-0.05, 0) is 39.7 Å². The van der Waals surface area contributed by atoms with Crippen LogP contribution in [0.5, 0.6) is 0 Å². The Morgan fingerprint density at radius 3 is 2.79 bits per heavy atom. The average molecular weight is 267 g/mol.